The number of nitrogens with one attached hydrogen (secondary N) is 2. The van der Waals surface area contributed by atoms with Crippen LogP contribution in [0, 0.1) is 11.8 Å². The minimum absolute atomic E-state index is 0.0526. The molecule has 19 heteroatoms. The van der Waals surface area contributed by atoms with Crippen LogP contribution in [0.25, 0.3) is 31.5 Å². The van der Waals surface area contributed by atoms with Gasteiger partial charge in [0.1, 0.15) is 34.0 Å². The van der Waals surface area contributed by atoms with Gasteiger partial charge < -0.3 is 25.5 Å². The minimum atomic E-state index is -0.733. The largest absolute Gasteiger partial charge is 0.481 e. The van der Waals surface area contributed by atoms with Gasteiger partial charge in [-0.2, -0.15) is 10.2 Å². The van der Waals surface area contributed by atoms with Crippen molar-refractivity contribution in [3.8, 4) is 0 Å². The van der Waals surface area contributed by atoms with Crippen LogP contribution >= 0.6 is 45.9 Å². The Kier molecular flexibility index (Phi) is 10.0. The number of hydrogen-bond acceptors (Lipinski definition) is 13. The van der Waals surface area contributed by atoms with Crippen molar-refractivity contribution in [2.45, 2.75) is 44.6 Å². The van der Waals surface area contributed by atoms with E-state index >= 15 is 0 Å². The summed E-state index contributed by atoms with van der Waals surface area (Å²) in [6.07, 6.45) is 14.5. The molecule has 8 aromatic rings. The molecule has 0 spiro atoms. The van der Waals surface area contributed by atoms with Crippen molar-refractivity contribution in [1.29, 1.82) is 0 Å². The zero-order valence-corrected chi connectivity index (χ0v) is 35.6. The predicted molar refractivity (Wildman–Crippen MR) is 235 cm³/mol. The SMILES string of the molecule is CN(C)C1CN(C(=O)[C@H]2CCc3c(sc4ncnc(Nc5cc6ccnn6cc5Cl)c34)C2)C1.O=C(O)[C@H]1CCc2c(sc3ncnc(Nc4cc5ccnn5cc4Cl)c23)C1. The summed E-state index contributed by atoms with van der Waals surface area (Å²) in [7, 11) is 4.15. The van der Waals surface area contributed by atoms with Crippen molar-refractivity contribution in [3.63, 3.8) is 0 Å². The van der Waals surface area contributed by atoms with Crippen LogP contribution < -0.4 is 10.6 Å². The fourth-order valence-corrected chi connectivity index (χ4v) is 11.3. The number of aryl methyl sites for hydroxylation is 2. The summed E-state index contributed by atoms with van der Waals surface area (Å²) in [5.74, 6) is 0.733. The zero-order chi connectivity index (χ0) is 41.2. The molecule has 0 saturated carbocycles. The number of fused-ring (bicyclic) bond motifs is 8. The van der Waals surface area contributed by atoms with Gasteiger partial charge >= 0.3 is 5.97 Å². The molecule has 3 N–H and O–H groups in total. The topological polar surface area (TPSA) is 171 Å². The number of carbonyl (C=O) groups excluding carboxylic acids is 1. The number of aromatic nitrogens is 8. The van der Waals surface area contributed by atoms with E-state index in [1.165, 1.54) is 16.8 Å². The van der Waals surface area contributed by atoms with Crippen LogP contribution in [0.3, 0.4) is 0 Å². The Balaban J connectivity index is 0.000000147. The summed E-state index contributed by atoms with van der Waals surface area (Å²) in [6, 6.07) is 8.19. The van der Waals surface area contributed by atoms with E-state index in [2.05, 4.69) is 59.8 Å². The van der Waals surface area contributed by atoms with E-state index in [-0.39, 0.29) is 11.8 Å². The summed E-state index contributed by atoms with van der Waals surface area (Å²) in [5, 5.41) is 27.6. The average molecular weight is 882 g/mol. The predicted octanol–water partition coefficient (Wildman–Crippen LogP) is 7.54. The molecule has 15 nitrogen and oxygen atoms in total. The fourth-order valence-electron chi connectivity index (χ4n) is 8.38. The van der Waals surface area contributed by atoms with E-state index in [0.717, 1.165) is 91.5 Å². The molecule has 1 saturated heterocycles. The van der Waals surface area contributed by atoms with E-state index in [0.29, 0.717) is 47.1 Å². The number of carboxylic acid groups (broad SMARTS) is 1. The lowest BCUT2D eigenvalue weighted by Crippen LogP contribution is -2.60. The minimum Gasteiger partial charge on any atom is -0.481 e. The van der Waals surface area contributed by atoms with Gasteiger partial charge in [-0.1, -0.05) is 23.2 Å². The molecule has 60 heavy (non-hydrogen) atoms. The molecular weight excluding hydrogens is 844 g/mol. The number of carbonyl (C=O) groups is 2. The first kappa shape index (κ1) is 38.7. The third-order valence-electron chi connectivity index (χ3n) is 11.8. The second kappa shape index (κ2) is 15.5. The third kappa shape index (κ3) is 7.07. The van der Waals surface area contributed by atoms with Crippen LogP contribution in [-0.4, -0.2) is 99.2 Å². The van der Waals surface area contributed by atoms with Gasteiger partial charge in [-0.05, 0) is 88.0 Å². The lowest BCUT2D eigenvalue weighted by atomic mass is 9.86. The summed E-state index contributed by atoms with van der Waals surface area (Å²) in [6.45, 7) is 1.67. The number of likely N-dealkylation sites (N-methyl/N-ethyl adjacent to an activating group) is 1. The number of likely N-dealkylation sites (tertiary alicyclic amines) is 1. The lowest BCUT2D eigenvalue weighted by molar-refractivity contribution is -0.143. The number of amides is 1. The number of pyridine rings is 2. The Labute approximate surface area is 361 Å². The number of anilines is 4. The Bertz CT molecular complexity index is 2970. The van der Waals surface area contributed by atoms with Crippen molar-refractivity contribution in [2.75, 3.05) is 37.8 Å². The van der Waals surface area contributed by atoms with Crippen LogP contribution in [0.1, 0.15) is 33.7 Å². The molecule has 8 aromatic heterocycles. The van der Waals surface area contributed by atoms with Crippen molar-refractivity contribution in [2.24, 2.45) is 11.8 Å². The number of rotatable bonds is 7. The van der Waals surface area contributed by atoms with Crippen LogP contribution in [-0.2, 0) is 35.3 Å². The Morgan fingerprint density at radius 2 is 1.27 bits per heavy atom. The molecule has 9 heterocycles. The molecule has 0 unspecified atom stereocenters. The summed E-state index contributed by atoms with van der Waals surface area (Å²) >= 11 is 16.1. The lowest BCUT2D eigenvalue weighted by Gasteiger charge is -2.44. The maximum absolute atomic E-state index is 13.1. The van der Waals surface area contributed by atoms with Gasteiger partial charge in [0.2, 0.25) is 5.91 Å². The highest BCUT2D eigenvalue weighted by Crippen LogP contribution is 2.43. The molecular formula is C41H38Cl2N12O3S2. The fraction of sp³-hybridized carbons (Fsp3) is 0.317. The number of aliphatic carboxylic acids is 1. The highest BCUT2D eigenvalue weighted by molar-refractivity contribution is 7.19. The zero-order valence-electron chi connectivity index (χ0n) is 32.5. The molecule has 0 aromatic carbocycles. The number of halogens is 2. The molecule has 1 aliphatic heterocycles. The van der Waals surface area contributed by atoms with Crippen LogP contribution in [0.4, 0.5) is 23.0 Å². The number of carboxylic acids is 1. The van der Waals surface area contributed by atoms with Crippen LogP contribution in [0.15, 0.2) is 61.7 Å². The maximum atomic E-state index is 13.1. The first-order valence-electron chi connectivity index (χ1n) is 19.6. The van der Waals surface area contributed by atoms with Gasteiger partial charge in [0.15, 0.2) is 0 Å². The highest BCUT2D eigenvalue weighted by atomic mass is 35.5. The maximum Gasteiger partial charge on any atom is 0.306 e. The Morgan fingerprint density at radius 1 is 0.767 bits per heavy atom. The molecule has 1 amide bonds. The van der Waals surface area contributed by atoms with E-state index in [9.17, 15) is 14.7 Å². The van der Waals surface area contributed by atoms with E-state index in [1.54, 1.807) is 62.8 Å². The number of nitrogens with zero attached hydrogens (tertiary/aromatic N) is 10. The van der Waals surface area contributed by atoms with E-state index < -0.39 is 5.97 Å². The smallest absolute Gasteiger partial charge is 0.306 e. The van der Waals surface area contributed by atoms with Crippen molar-refractivity contribution in [1.82, 2.24) is 49.0 Å². The third-order valence-corrected chi connectivity index (χ3v) is 14.7. The van der Waals surface area contributed by atoms with Gasteiger partial charge in [-0.25, -0.2) is 29.0 Å². The summed E-state index contributed by atoms with van der Waals surface area (Å²) < 4.78 is 3.45. The number of thiophene rings is 2. The van der Waals surface area contributed by atoms with Gasteiger partial charge in [-0.3, -0.25) is 9.59 Å². The highest BCUT2D eigenvalue weighted by Gasteiger charge is 2.38. The monoisotopic (exact) mass is 880 g/mol. The van der Waals surface area contributed by atoms with Gasteiger partial charge in [0.05, 0.1) is 49.1 Å². The van der Waals surface area contributed by atoms with Crippen molar-refractivity contribution >= 4 is 112 Å². The number of hydrogen-bond donors (Lipinski definition) is 3. The first-order chi connectivity index (χ1) is 29.1. The van der Waals surface area contributed by atoms with E-state index in [1.807, 2.05) is 29.2 Å². The second-order valence-corrected chi connectivity index (χ2v) is 18.6. The normalized spacial score (nSPS) is 17.7. The van der Waals surface area contributed by atoms with Gasteiger partial charge in [0.25, 0.3) is 0 Å². The summed E-state index contributed by atoms with van der Waals surface area (Å²) in [4.78, 5) is 50.7. The summed E-state index contributed by atoms with van der Waals surface area (Å²) in [5.41, 5.74) is 5.80. The molecule has 2 atom stereocenters. The molecule has 306 valence electrons. The standard InChI is InChI=1S/C23H24ClN7OS.C18H14ClN5O2S/c1-29(2)15-9-30(10-15)23(32)13-3-4-16-19(7-13)33-22-20(16)21(25-12-26-22)28-18-8-14-5-6-27-31(14)11-17(18)24;19-12-7-24-10(3-4-22-24)6-13(12)23-16-15-11-2-1-9(18(25)26)5-14(11)27-17(15)21-8-20-16/h5-6,8,11-13,15H,3-4,7,9-10H2,1-2H3,(H,25,26,28);3-4,6-9H,1-2,5H2,(H,25,26)(H,20,21,23)/t13-;9-/m00/s1. The Morgan fingerprint density at radius 3 is 1.77 bits per heavy atom. The molecule has 0 bridgehead atoms. The van der Waals surface area contributed by atoms with Crippen molar-refractivity contribution in [3.05, 3.63) is 92.6 Å². The van der Waals surface area contributed by atoms with Crippen LogP contribution in [0.2, 0.25) is 10.0 Å². The van der Waals surface area contributed by atoms with Crippen molar-refractivity contribution < 1.29 is 14.7 Å². The average Bonchev–Trinajstić information content (AvgIpc) is 4.02. The molecule has 3 aliphatic rings. The quantitative estimate of drug-likeness (QED) is 0.144. The van der Waals surface area contributed by atoms with E-state index in [4.69, 9.17) is 23.2 Å². The second-order valence-electron chi connectivity index (χ2n) is 15.6. The van der Waals surface area contributed by atoms with Gasteiger partial charge in [-0.15, -0.1) is 22.7 Å². The first-order valence-corrected chi connectivity index (χ1v) is 21.9. The molecule has 11 rings (SSSR count). The molecule has 1 fully saturated rings. The van der Waals surface area contributed by atoms with Crippen LogP contribution in [0.5, 0.6) is 0 Å². The van der Waals surface area contributed by atoms with Gasteiger partial charge in [0, 0.05) is 59.6 Å². The Hall–Kier alpha value is -5.46. The molecule has 2 aliphatic carbocycles. The molecule has 0 radical (unpaired) electrons.